The highest BCUT2D eigenvalue weighted by molar-refractivity contribution is 5.79. The predicted molar refractivity (Wildman–Crippen MR) is 123 cm³/mol. The fraction of sp³-hybridized carbons (Fsp3) is 0.964. The van der Waals surface area contributed by atoms with E-state index in [1.807, 2.05) is 0 Å². The van der Waals surface area contributed by atoms with E-state index in [1.54, 1.807) is 0 Å². The van der Waals surface area contributed by atoms with Crippen LogP contribution < -0.4 is 0 Å². The number of ketones is 1. The highest BCUT2D eigenvalue weighted by Crippen LogP contribution is 2.71. The summed E-state index contributed by atoms with van der Waals surface area (Å²) in [5, 5.41) is 0. The fourth-order valence-corrected chi connectivity index (χ4v) is 9.31. The summed E-state index contributed by atoms with van der Waals surface area (Å²) >= 11 is 0. The Morgan fingerprint density at radius 3 is 2.34 bits per heavy atom. The van der Waals surface area contributed by atoms with Crippen molar-refractivity contribution in [1.29, 1.82) is 0 Å². The third-order valence-corrected chi connectivity index (χ3v) is 11.7. The maximum absolute atomic E-state index is 12.1. The van der Waals surface area contributed by atoms with E-state index in [0.29, 0.717) is 27.9 Å². The molecule has 1 nitrogen and oxygen atoms in total. The third kappa shape index (κ3) is 3.36. The zero-order valence-electron chi connectivity index (χ0n) is 20.4. The molecule has 0 N–H and O–H groups in total. The SMILES string of the molecule is CC(C)CCC[C@@H](C)[C@@]1(C)CC[C@H]2[C@@H]3CCC4CC(=O)CC[C@]4(C)[C@H]3CC[C@@]21C. The van der Waals surface area contributed by atoms with Crippen LogP contribution in [0.4, 0.5) is 0 Å². The molecule has 4 aliphatic rings. The molecule has 166 valence electrons. The molecule has 0 aromatic carbocycles. The Bertz CT molecular complexity index is 622. The van der Waals surface area contributed by atoms with Crippen molar-refractivity contribution in [2.75, 3.05) is 0 Å². The van der Waals surface area contributed by atoms with Gasteiger partial charge in [-0.15, -0.1) is 0 Å². The second-order valence-corrected chi connectivity index (χ2v) is 13.0. The average Bonchev–Trinajstić information content (AvgIpc) is 2.94. The van der Waals surface area contributed by atoms with Gasteiger partial charge in [0.25, 0.3) is 0 Å². The summed E-state index contributed by atoms with van der Waals surface area (Å²) in [5.41, 5.74) is 1.53. The topological polar surface area (TPSA) is 17.1 Å². The average molecular weight is 401 g/mol. The molecule has 0 spiro atoms. The van der Waals surface area contributed by atoms with Crippen molar-refractivity contribution in [3.63, 3.8) is 0 Å². The van der Waals surface area contributed by atoms with E-state index in [9.17, 15) is 4.79 Å². The monoisotopic (exact) mass is 400 g/mol. The largest absolute Gasteiger partial charge is 0.300 e. The van der Waals surface area contributed by atoms with Gasteiger partial charge in [-0.3, -0.25) is 4.79 Å². The van der Waals surface area contributed by atoms with Crippen LogP contribution in [0.2, 0.25) is 0 Å². The van der Waals surface area contributed by atoms with Crippen molar-refractivity contribution in [3.8, 4) is 0 Å². The lowest BCUT2D eigenvalue weighted by Gasteiger charge is -2.62. The van der Waals surface area contributed by atoms with Crippen LogP contribution in [-0.4, -0.2) is 5.78 Å². The third-order valence-electron chi connectivity index (χ3n) is 11.7. The standard InChI is InChI=1S/C28H48O/c1-19(2)8-7-9-20(3)27(5)16-14-25-23-11-10-21-18-22(29)12-15-26(21,4)24(23)13-17-28(25,27)6/h19-21,23-25H,7-18H2,1-6H3/t20-,21?,23-,24+,25+,26+,27-,28+/m1/s1. The molecule has 4 fully saturated rings. The van der Waals surface area contributed by atoms with E-state index in [1.165, 1.54) is 64.2 Å². The van der Waals surface area contributed by atoms with Gasteiger partial charge >= 0.3 is 0 Å². The van der Waals surface area contributed by atoms with Crippen molar-refractivity contribution in [1.82, 2.24) is 0 Å². The number of rotatable bonds is 5. The first kappa shape index (κ1) is 21.9. The quantitative estimate of drug-likeness (QED) is 0.456. The maximum Gasteiger partial charge on any atom is 0.133 e. The lowest BCUT2D eigenvalue weighted by molar-refractivity contribution is -0.146. The first-order chi connectivity index (χ1) is 13.6. The van der Waals surface area contributed by atoms with E-state index in [4.69, 9.17) is 0 Å². The molecule has 4 aliphatic carbocycles. The van der Waals surface area contributed by atoms with Crippen LogP contribution in [0.25, 0.3) is 0 Å². The zero-order chi connectivity index (χ0) is 21.0. The van der Waals surface area contributed by atoms with E-state index >= 15 is 0 Å². The Balaban J connectivity index is 1.52. The maximum atomic E-state index is 12.1. The highest BCUT2D eigenvalue weighted by Gasteiger charge is 2.64. The number of Topliss-reactive ketones (excluding diaryl/α,β-unsaturated/α-hetero) is 1. The lowest BCUT2D eigenvalue weighted by atomic mass is 9.43. The molecular weight excluding hydrogens is 352 g/mol. The molecular formula is C28H48O. The Labute approximate surface area is 181 Å². The molecule has 29 heavy (non-hydrogen) atoms. The molecule has 0 radical (unpaired) electrons. The summed E-state index contributed by atoms with van der Waals surface area (Å²) in [5.74, 6) is 5.71. The van der Waals surface area contributed by atoms with Crippen molar-refractivity contribution in [2.45, 2.75) is 119 Å². The van der Waals surface area contributed by atoms with E-state index < -0.39 is 0 Å². The number of hydrogen-bond donors (Lipinski definition) is 0. The fourth-order valence-electron chi connectivity index (χ4n) is 9.31. The first-order valence-corrected chi connectivity index (χ1v) is 13.1. The minimum Gasteiger partial charge on any atom is -0.300 e. The second-order valence-electron chi connectivity index (χ2n) is 13.0. The van der Waals surface area contributed by atoms with Crippen LogP contribution in [0.1, 0.15) is 119 Å². The first-order valence-electron chi connectivity index (χ1n) is 13.1. The van der Waals surface area contributed by atoms with E-state index in [-0.39, 0.29) is 0 Å². The Kier molecular flexibility index (Phi) is 5.79. The molecule has 0 heterocycles. The van der Waals surface area contributed by atoms with Crippen LogP contribution >= 0.6 is 0 Å². The van der Waals surface area contributed by atoms with Crippen LogP contribution in [0.5, 0.6) is 0 Å². The van der Waals surface area contributed by atoms with Gasteiger partial charge < -0.3 is 0 Å². The van der Waals surface area contributed by atoms with Crippen molar-refractivity contribution in [2.24, 2.45) is 51.8 Å². The van der Waals surface area contributed by atoms with Gasteiger partial charge in [0.05, 0.1) is 0 Å². The number of carbonyl (C=O) groups excluding carboxylic acids is 1. The summed E-state index contributed by atoms with van der Waals surface area (Å²) < 4.78 is 0. The van der Waals surface area contributed by atoms with E-state index in [2.05, 4.69) is 41.5 Å². The lowest BCUT2D eigenvalue weighted by Crippen LogP contribution is -2.55. The Morgan fingerprint density at radius 2 is 1.62 bits per heavy atom. The molecule has 0 aliphatic heterocycles. The number of hydrogen-bond acceptors (Lipinski definition) is 1. The highest BCUT2D eigenvalue weighted by atomic mass is 16.1. The van der Waals surface area contributed by atoms with Crippen LogP contribution in [0.3, 0.4) is 0 Å². The van der Waals surface area contributed by atoms with Gasteiger partial charge in [0, 0.05) is 12.8 Å². The molecule has 0 amide bonds. The summed E-state index contributed by atoms with van der Waals surface area (Å²) in [4.78, 5) is 12.1. The second kappa shape index (κ2) is 7.67. The van der Waals surface area contributed by atoms with Gasteiger partial charge in [-0.05, 0) is 96.7 Å². The molecule has 0 saturated heterocycles. The van der Waals surface area contributed by atoms with Crippen molar-refractivity contribution < 1.29 is 4.79 Å². The summed E-state index contributed by atoms with van der Waals surface area (Å²) in [7, 11) is 0. The van der Waals surface area contributed by atoms with Crippen molar-refractivity contribution >= 4 is 5.78 Å². The predicted octanol–water partition coefficient (Wildman–Crippen LogP) is 8.07. The molecule has 4 rings (SSSR count). The van der Waals surface area contributed by atoms with Gasteiger partial charge in [0.2, 0.25) is 0 Å². The number of carbonyl (C=O) groups is 1. The molecule has 0 aromatic heterocycles. The number of fused-ring (bicyclic) bond motifs is 5. The smallest absolute Gasteiger partial charge is 0.133 e. The molecule has 1 heteroatoms. The molecule has 4 saturated carbocycles. The van der Waals surface area contributed by atoms with Crippen LogP contribution in [-0.2, 0) is 4.79 Å². The molecule has 1 unspecified atom stereocenters. The molecule has 0 bridgehead atoms. The summed E-state index contributed by atoms with van der Waals surface area (Å²) in [6.45, 7) is 15.3. The summed E-state index contributed by atoms with van der Waals surface area (Å²) in [6, 6.07) is 0. The van der Waals surface area contributed by atoms with Crippen LogP contribution in [0, 0.1) is 51.8 Å². The minimum atomic E-state index is 0.458. The normalized spacial score (nSPS) is 48.2. The van der Waals surface area contributed by atoms with Gasteiger partial charge in [0.1, 0.15) is 5.78 Å². The van der Waals surface area contributed by atoms with Crippen molar-refractivity contribution in [3.05, 3.63) is 0 Å². The minimum absolute atomic E-state index is 0.458. The Morgan fingerprint density at radius 1 is 0.897 bits per heavy atom. The summed E-state index contributed by atoms with van der Waals surface area (Å²) in [6.07, 6.45) is 15.7. The zero-order valence-corrected chi connectivity index (χ0v) is 20.4. The van der Waals surface area contributed by atoms with Gasteiger partial charge in [-0.1, -0.05) is 60.8 Å². The molecule has 0 aromatic rings. The van der Waals surface area contributed by atoms with Gasteiger partial charge in [0.15, 0.2) is 0 Å². The van der Waals surface area contributed by atoms with Gasteiger partial charge in [-0.2, -0.15) is 0 Å². The van der Waals surface area contributed by atoms with E-state index in [0.717, 1.165) is 42.4 Å². The van der Waals surface area contributed by atoms with Gasteiger partial charge in [-0.25, -0.2) is 0 Å². The molecule has 8 atom stereocenters. The Hall–Kier alpha value is -0.330. The van der Waals surface area contributed by atoms with Crippen LogP contribution in [0.15, 0.2) is 0 Å².